The van der Waals surface area contributed by atoms with Crippen LogP contribution in [0, 0.1) is 0 Å². The smallest absolute Gasteiger partial charge is 0.416 e. The van der Waals surface area contributed by atoms with Crippen LogP contribution in [0.1, 0.15) is 91.4 Å². The van der Waals surface area contributed by atoms with Crippen molar-refractivity contribution in [3.8, 4) is 0 Å². The maximum atomic E-state index is 14.0. The summed E-state index contributed by atoms with van der Waals surface area (Å²) in [6, 6.07) is 2.73. The third kappa shape index (κ3) is 11.2. The number of amides is 1. The molecule has 0 radical (unpaired) electrons. The molecule has 312 valence electrons. The largest absolute Gasteiger partial charge is 0.469 e. The van der Waals surface area contributed by atoms with Gasteiger partial charge in [-0.3, -0.25) is 9.69 Å². The van der Waals surface area contributed by atoms with Gasteiger partial charge >= 0.3 is 30.6 Å². The number of carbonyl (C=O) groups excluding carboxylic acids is 2. The molecule has 1 saturated heterocycles. The molecule has 2 aromatic carbocycles. The van der Waals surface area contributed by atoms with Crippen LogP contribution in [0.15, 0.2) is 42.6 Å². The second-order valence-electron chi connectivity index (χ2n) is 13.7. The second-order valence-corrected chi connectivity index (χ2v) is 13.7. The van der Waals surface area contributed by atoms with Gasteiger partial charge in [0.15, 0.2) is 0 Å². The SMILES string of the molecule is CC[C@@H]1C[C@H](Nc2ncc(N3CCOCC3)c(Cc3cc(C(F)(F)F)cc(C(F)(F)F)c3)n2)c2cc(C(F)(F)F)ccc2N1C(=O)OCCCCCCC(=O)OC. The summed E-state index contributed by atoms with van der Waals surface area (Å²) in [6.45, 7) is 3.05. The summed E-state index contributed by atoms with van der Waals surface area (Å²) < 4.78 is 140. The minimum absolute atomic E-state index is 0.0318. The van der Waals surface area contributed by atoms with Crippen LogP contribution in [0.5, 0.6) is 0 Å². The summed E-state index contributed by atoms with van der Waals surface area (Å²) in [7, 11) is 1.30. The average Bonchev–Trinajstić information content (AvgIpc) is 3.16. The Kier molecular flexibility index (Phi) is 13.8. The van der Waals surface area contributed by atoms with E-state index in [0.717, 1.165) is 12.1 Å². The first-order valence-corrected chi connectivity index (χ1v) is 18.4. The van der Waals surface area contributed by atoms with E-state index < -0.39 is 59.8 Å². The number of ether oxygens (including phenoxy) is 3. The summed E-state index contributed by atoms with van der Waals surface area (Å²) in [5.74, 6) is -0.469. The third-order valence-electron chi connectivity index (χ3n) is 9.78. The summed E-state index contributed by atoms with van der Waals surface area (Å²) in [6.07, 6.45) is -11.6. The maximum Gasteiger partial charge on any atom is 0.416 e. The van der Waals surface area contributed by atoms with Gasteiger partial charge < -0.3 is 24.4 Å². The molecule has 3 heterocycles. The van der Waals surface area contributed by atoms with Gasteiger partial charge in [0.25, 0.3) is 0 Å². The van der Waals surface area contributed by atoms with Gasteiger partial charge in [-0.15, -0.1) is 0 Å². The minimum atomic E-state index is -5.08. The Morgan fingerprint density at radius 2 is 1.51 bits per heavy atom. The van der Waals surface area contributed by atoms with Gasteiger partial charge in [-0.25, -0.2) is 14.8 Å². The van der Waals surface area contributed by atoms with Gasteiger partial charge in [0.05, 0.1) is 72.9 Å². The van der Waals surface area contributed by atoms with E-state index in [4.69, 9.17) is 9.47 Å². The van der Waals surface area contributed by atoms with Crippen LogP contribution >= 0.6 is 0 Å². The molecule has 0 saturated carbocycles. The minimum Gasteiger partial charge on any atom is -0.469 e. The van der Waals surface area contributed by atoms with Crippen LogP contribution in [-0.2, 0) is 44.0 Å². The van der Waals surface area contributed by atoms with E-state index in [9.17, 15) is 49.1 Å². The molecular weight excluding hydrogens is 777 g/mol. The molecule has 0 aliphatic carbocycles. The van der Waals surface area contributed by atoms with Gasteiger partial charge in [0.2, 0.25) is 5.95 Å². The van der Waals surface area contributed by atoms with E-state index in [2.05, 4.69) is 20.0 Å². The zero-order chi connectivity index (χ0) is 41.5. The number of nitrogens with one attached hydrogen (secondary N) is 1. The van der Waals surface area contributed by atoms with E-state index in [1.807, 2.05) is 0 Å². The molecule has 2 aliphatic heterocycles. The molecule has 1 N–H and O–H groups in total. The Balaban J connectivity index is 1.45. The fraction of sp³-hybridized carbons (Fsp3) is 0.526. The van der Waals surface area contributed by atoms with Crippen molar-refractivity contribution < 1.29 is 63.3 Å². The Morgan fingerprint density at radius 3 is 2.12 bits per heavy atom. The number of aromatic nitrogens is 2. The first-order valence-electron chi connectivity index (χ1n) is 18.4. The first-order chi connectivity index (χ1) is 26.9. The van der Waals surface area contributed by atoms with Crippen molar-refractivity contribution in [2.24, 2.45) is 0 Å². The van der Waals surface area contributed by atoms with Crippen LogP contribution in [0.3, 0.4) is 0 Å². The van der Waals surface area contributed by atoms with Gasteiger partial charge in [-0.2, -0.15) is 39.5 Å². The van der Waals surface area contributed by atoms with Gasteiger partial charge in [0, 0.05) is 32.0 Å². The molecule has 5 rings (SSSR count). The number of halogens is 9. The lowest BCUT2D eigenvalue weighted by molar-refractivity contribution is -0.143. The van der Waals surface area contributed by atoms with Crippen molar-refractivity contribution in [1.29, 1.82) is 0 Å². The lowest BCUT2D eigenvalue weighted by atomic mass is 9.89. The van der Waals surface area contributed by atoms with Crippen molar-refractivity contribution in [2.45, 2.75) is 88.9 Å². The number of fused-ring (bicyclic) bond motifs is 1. The first kappa shape index (κ1) is 43.3. The number of rotatable bonds is 13. The number of alkyl halides is 9. The Bertz CT molecular complexity index is 1830. The van der Waals surface area contributed by atoms with Gasteiger partial charge in [-0.1, -0.05) is 19.8 Å². The molecule has 0 spiro atoms. The van der Waals surface area contributed by atoms with Crippen molar-refractivity contribution in [2.75, 3.05) is 55.1 Å². The monoisotopic (exact) mass is 819 g/mol. The maximum absolute atomic E-state index is 14.0. The predicted molar refractivity (Wildman–Crippen MR) is 190 cm³/mol. The third-order valence-corrected chi connectivity index (χ3v) is 9.78. The number of esters is 1. The fourth-order valence-corrected chi connectivity index (χ4v) is 6.87. The van der Waals surface area contributed by atoms with Crippen LogP contribution in [-0.4, -0.2) is 68.1 Å². The fourth-order valence-electron chi connectivity index (χ4n) is 6.87. The molecule has 0 unspecified atom stereocenters. The van der Waals surface area contributed by atoms with Crippen LogP contribution in [0.25, 0.3) is 0 Å². The summed E-state index contributed by atoms with van der Waals surface area (Å²) in [4.78, 5) is 36.8. The van der Waals surface area contributed by atoms with Crippen LogP contribution in [0.4, 0.5) is 61.6 Å². The van der Waals surface area contributed by atoms with E-state index in [1.54, 1.807) is 11.8 Å². The van der Waals surface area contributed by atoms with Gasteiger partial charge in [0.1, 0.15) is 0 Å². The highest BCUT2D eigenvalue weighted by Crippen LogP contribution is 2.43. The Hall–Kier alpha value is -4.81. The average molecular weight is 820 g/mol. The summed E-state index contributed by atoms with van der Waals surface area (Å²) in [5, 5.41) is 3.05. The Labute approximate surface area is 322 Å². The summed E-state index contributed by atoms with van der Waals surface area (Å²) in [5.41, 5.74) is -3.66. The molecule has 3 aromatic rings. The number of carbonyl (C=O) groups is 2. The quantitative estimate of drug-likeness (QED) is 0.103. The molecule has 1 fully saturated rings. The van der Waals surface area contributed by atoms with Crippen LogP contribution < -0.4 is 15.1 Å². The van der Waals surface area contributed by atoms with Crippen molar-refractivity contribution in [3.05, 3.63) is 76.1 Å². The molecule has 1 aromatic heterocycles. The van der Waals surface area contributed by atoms with E-state index in [0.29, 0.717) is 63.0 Å². The standard InChI is InChI=1S/C38H42F9N5O5/c1-3-27-21-29(28-20-24(36(39,40)41)9-10-31(28)52(27)35(54)57-13-7-5-4-6-8-33(53)55-2)49-34-48-22-32(51-11-14-56-15-12-51)30(50-34)18-23-16-25(37(42,43)44)19-26(17-23)38(45,46)47/h9-10,16-17,19-20,22,27,29H,3-8,11-15,18,21H2,1-2H3,(H,48,49,50)/t27-,29+/m1/s1. The van der Waals surface area contributed by atoms with Crippen molar-refractivity contribution in [3.63, 3.8) is 0 Å². The second kappa shape index (κ2) is 18.2. The highest BCUT2D eigenvalue weighted by Gasteiger charge is 2.40. The lowest BCUT2D eigenvalue weighted by Crippen LogP contribution is -2.46. The number of nitrogens with zero attached hydrogens (tertiary/aromatic N) is 4. The highest BCUT2D eigenvalue weighted by molar-refractivity contribution is 5.90. The van der Waals surface area contributed by atoms with E-state index in [-0.39, 0.29) is 73.2 Å². The number of hydrogen-bond acceptors (Lipinski definition) is 9. The number of benzene rings is 2. The zero-order valence-corrected chi connectivity index (χ0v) is 31.1. The molecule has 1 amide bonds. The Morgan fingerprint density at radius 1 is 0.860 bits per heavy atom. The van der Waals surface area contributed by atoms with E-state index >= 15 is 0 Å². The molecular formula is C38H42F9N5O5. The zero-order valence-electron chi connectivity index (χ0n) is 31.1. The van der Waals surface area contributed by atoms with Gasteiger partial charge in [-0.05, 0) is 73.2 Å². The normalized spacial score (nSPS) is 17.6. The molecule has 2 atom stereocenters. The molecule has 19 heteroatoms. The predicted octanol–water partition coefficient (Wildman–Crippen LogP) is 9.36. The number of methoxy groups -OCH3 is 1. The number of anilines is 3. The molecule has 57 heavy (non-hydrogen) atoms. The highest BCUT2D eigenvalue weighted by atomic mass is 19.4. The van der Waals surface area contributed by atoms with E-state index in [1.165, 1.54) is 24.3 Å². The van der Waals surface area contributed by atoms with Crippen LogP contribution in [0.2, 0.25) is 0 Å². The summed E-state index contributed by atoms with van der Waals surface area (Å²) >= 11 is 0. The van der Waals surface area contributed by atoms with Crippen molar-refractivity contribution >= 4 is 29.4 Å². The molecule has 0 bridgehead atoms. The van der Waals surface area contributed by atoms with Crippen molar-refractivity contribution in [1.82, 2.24) is 9.97 Å². The number of morpholine rings is 1. The number of hydrogen-bond donors (Lipinski definition) is 1. The molecule has 10 nitrogen and oxygen atoms in total. The lowest BCUT2D eigenvalue weighted by Gasteiger charge is -2.40. The molecule has 2 aliphatic rings. The number of unbranched alkanes of at least 4 members (excludes halogenated alkanes) is 3. The topological polar surface area (TPSA) is 106 Å².